The van der Waals surface area contributed by atoms with Crippen LogP contribution in [-0.2, 0) is 24.8 Å². The highest BCUT2D eigenvalue weighted by atomic mass is 32.2. The summed E-state index contributed by atoms with van der Waals surface area (Å²) in [5, 5.41) is 8.87. The van der Waals surface area contributed by atoms with Gasteiger partial charge in [0.15, 0.2) is 0 Å². The molecule has 1 fully saturated rings. The zero-order chi connectivity index (χ0) is 18.0. The number of nitrogens with zero attached hydrogens (tertiary/aromatic N) is 1. The van der Waals surface area contributed by atoms with Crippen LogP contribution in [-0.4, -0.2) is 51.3 Å². The number of hydrogen-bond donors (Lipinski definition) is 2. The van der Waals surface area contributed by atoms with Gasteiger partial charge in [-0.1, -0.05) is 6.92 Å². The normalized spacial score (nSPS) is 15.6. The van der Waals surface area contributed by atoms with Crippen molar-refractivity contribution in [1.82, 2.24) is 9.03 Å². The molecule has 0 aliphatic heterocycles. The molecule has 1 saturated carbocycles. The second kappa shape index (κ2) is 7.18. The summed E-state index contributed by atoms with van der Waals surface area (Å²) in [4.78, 5) is 10.7. The highest BCUT2D eigenvalue weighted by Gasteiger charge is 2.29. The van der Waals surface area contributed by atoms with Crippen LogP contribution < -0.4 is 4.72 Å². The second-order valence-electron chi connectivity index (χ2n) is 5.60. The summed E-state index contributed by atoms with van der Waals surface area (Å²) in [5.41, 5.74) is 0. The molecule has 0 bridgehead atoms. The van der Waals surface area contributed by atoms with Crippen LogP contribution in [0.15, 0.2) is 34.1 Å². The van der Waals surface area contributed by atoms with Crippen molar-refractivity contribution < 1.29 is 26.7 Å². The van der Waals surface area contributed by atoms with Gasteiger partial charge in [0.05, 0.1) is 9.79 Å². The third-order valence-electron chi connectivity index (χ3n) is 3.46. The molecule has 2 rings (SSSR count). The van der Waals surface area contributed by atoms with Gasteiger partial charge in [-0.2, -0.15) is 4.31 Å². The van der Waals surface area contributed by atoms with E-state index in [1.165, 1.54) is 24.3 Å². The number of aliphatic carboxylic acids is 1. The van der Waals surface area contributed by atoms with Crippen molar-refractivity contribution >= 4 is 26.0 Å². The topological polar surface area (TPSA) is 121 Å². The van der Waals surface area contributed by atoms with E-state index in [0.717, 1.165) is 17.1 Å². The van der Waals surface area contributed by atoms with Crippen molar-refractivity contribution in [2.75, 3.05) is 13.1 Å². The van der Waals surface area contributed by atoms with Crippen LogP contribution in [0, 0.1) is 0 Å². The summed E-state index contributed by atoms with van der Waals surface area (Å²) in [5.74, 6) is -1.25. The first-order valence-electron chi connectivity index (χ1n) is 7.51. The quantitative estimate of drug-likeness (QED) is 0.651. The van der Waals surface area contributed by atoms with Crippen LogP contribution in [0.4, 0.5) is 0 Å². The molecule has 0 atom stereocenters. The first-order valence-corrected chi connectivity index (χ1v) is 10.4. The van der Waals surface area contributed by atoms with E-state index in [9.17, 15) is 21.6 Å². The molecule has 1 aromatic rings. The average Bonchev–Trinajstić information content (AvgIpc) is 3.30. The molecular formula is C14H20N2O6S2. The zero-order valence-corrected chi connectivity index (χ0v) is 14.8. The lowest BCUT2D eigenvalue weighted by Gasteiger charge is -2.19. The molecule has 0 spiro atoms. The predicted molar refractivity (Wildman–Crippen MR) is 86.5 cm³/mol. The summed E-state index contributed by atoms with van der Waals surface area (Å²) in [6.07, 6.45) is 2.06. The van der Waals surface area contributed by atoms with E-state index in [1.54, 1.807) is 6.92 Å². The maximum absolute atomic E-state index is 12.5. The molecular weight excluding hydrogens is 356 g/mol. The maximum atomic E-state index is 12.5. The third kappa shape index (κ3) is 4.53. The molecule has 1 aliphatic carbocycles. The fourth-order valence-corrected chi connectivity index (χ4v) is 4.90. The SMILES string of the molecule is CCCN(CC(=O)O)S(=O)(=O)c1ccc(S(=O)(=O)NC2CC2)cc1. The number of benzene rings is 1. The minimum Gasteiger partial charge on any atom is -0.480 e. The Morgan fingerprint density at radius 1 is 1.17 bits per heavy atom. The van der Waals surface area contributed by atoms with Gasteiger partial charge in [0.1, 0.15) is 6.54 Å². The molecule has 0 saturated heterocycles. The molecule has 0 unspecified atom stereocenters. The Hall–Kier alpha value is -1.49. The van der Waals surface area contributed by atoms with Crippen LogP contribution in [0.1, 0.15) is 26.2 Å². The highest BCUT2D eigenvalue weighted by Crippen LogP contribution is 2.23. The molecule has 24 heavy (non-hydrogen) atoms. The van der Waals surface area contributed by atoms with Crippen molar-refractivity contribution in [3.05, 3.63) is 24.3 Å². The van der Waals surface area contributed by atoms with Crippen LogP contribution in [0.25, 0.3) is 0 Å². The summed E-state index contributed by atoms with van der Waals surface area (Å²) >= 11 is 0. The number of carboxylic acid groups (broad SMARTS) is 1. The van der Waals surface area contributed by atoms with Crippen molar-refractivity contribution in [2.24, 2.45) is 0 Å². The number of sulfonamides is 2. The van der Waals surface area contributed by atoms with E-state index in [2.05, 4.69) is 4.72 Å². The van der Waals surface area contributed by atoms with Gasteiger partial charge < -0.3 is 5.11 Å². The maximum Gasteiger partial charge on any atom is 0.318 e. The smallest absolute Gasteiger partial charge is 0.318 e. The van der Waals surface area contributed by atoms with Gasteiger partial charge in [-0.05, 0) is 43.5 Å². The number of rotatable bonds is 9. The number of hydrogen-bond acceptors (Lipinski definition) is 5. The van der Waals surface area contributed by atoms with E-state index < -0.39 is 32.6 Å². The molecule has 0 radical (unpaired) electrons. The first-order chi connectivity index (χ1) is 11.2. The predicted octanol–water partition coefficient (Wildman–Crippen LogP) is 0.613. The van der Waals surface area contributed by atoms with Crippen molar-refractivity contribution in [3.63, 3.8) is 0 Å². The van der Waals surface area contributed by atoms with Gasteiger partial charge in [0.25, 0.3) is 0 Å². The standard InChI is InChI=1S/C14H20N2O6S2/c1-2-9-16(10-14(17)18)24(21,22)13-7-5-12(6-8-13)23(19,20)15-11-3-4-11/h5-8,11,15H,2-4,9-10H2,1H3,(H,17,18). The minimum absolute atomic E-state index is 0.0198. The molecule has 8 nitrogen and oxygen atoms in total. The fraction of sp³-hybridized carbons (Fsp3) is 0.500. The molecule has 10 heteroatoms. The Kier molecular flexibility index (Phi) is 5.63. The monoisotopic (exact) mass is 376 g/mol. The highest BCUT2D eigenvalue weighted by molar-refractivity contribution is 7.89. The van der Waals surface area contributed by atoms with Crippen molar-refractivity contribution in [2.45, 2.75) is 42.0 Å². The largest absolute Gasteiger partial charge is 0.480 e. The third-order valence-corrected chi connectivity index (χ3v) is 6.85. The van der Waals surface area contributed by atoms with E-state index in [0.29, 0.717) is 6.42 Å². The lowest BCUT2D eigenvalue weighted by atomic mass is 10.4. The zero-order valence-electron chi connectivity index (χ0n) is 13.2. The number of carboxylic acids is 1. The van der Waals surface area contributed by atoms with Gasteiger partial charge in [-0.25, -0.2) is 21.6 Å². The minimum atomic E-state index is -3.99. The Morgan fingerprint density at radius 3 is 2.17 bits per heavy atom. The van der Waals surface area contributed by atoms with Crippen molar-refractivity contribution in [1.29, 1.82) is 0 Å². The van der Waals surface area contributed by atoms with Gasteiger partial charge in [-0.15, -0.1) is 0 Å². The second-order valence-corrected chi connectivity index (χ2v) is 9.25. The number of carbonyl (C=O) groups is 1. The summed E-state index contributed by atoms with van der Waals surface area (Å²) in [6.45, 7) is 1.17. The van der Waals surface area contributed by atoms with Gasteiger partial charge in [0.2, 0.25) is 20.0 Å². The molecule has 1 aromatic carbocycles. The lowest BCUT2D eigenvalue weighted by Crippen LogP contribution is -2.36. The fourth-order valence-electron chi connectivity index (χ4n) is 2.11. The first kappa shape index (κ1) is 18.8. The summed E-state index contributed by atoms with van der Waals surface area (Å²) < 4.78 is 52.5. The van der Waals surface area contributed by atoms with Crippen LogP contribution >= 0.6 is 0 Å². The van der Waals surface area contributed by atoms with Gasteiger partial charge in [0, 0.05) is 12.6 Å². The molecule has 0 heterocycles. The Labute approximate surface area is 141 Å². The van der Waals surface area contributed by atoms with Crippen LogP contribution in [0.5, 0.6) is 0 Å². The summed E-state index contributed by atoms with van der Waals surface area (Å²) in [7, 11) is -7.66. The van der Waals surface area contributed by atoms with Crippen molar-refractivity contribution in [3.8, 4) is 0 Å². The molecule has 2 N–H and O–H groups in total. The molecule has 0 aromatic heterocycles. The Morgan fingerprint density at radius 2 is 1.71 bits per heavy atom. The van der Waals surface area contributed by atoms with E-state index in [4.69, 9.17) is 5.11 Å². The average molecular weight is 376 g/mol. The van der Waals surface area contributed by atoms with Crippen LogP contribution in [0.3, 0.4) is 0 Å². The van der Waals surface area contributed by atoms with Gasteiger partial charge in [-0.3, -0.25) is 4.79 Å². The van der Waals surface area contributed by atoms with E-state index in [-0.39, 0.29) is 22.4 Å². The molecule has 134 valence electrons. The Balaban J connectivity index is 2.25. The number of nitrogens with one attached hydrogen (secondary N) is 1. The summed E-state index contributed by atoms with van der Waals surface area (Å²) in [6, 6.07) is 4.74. The van der Waals surface area contributed by atoms with E-state index in [1.807, 2.05) is 0 Å². The van der Waals surface area contributed by atoms with Crippen LogP contribution in [0.2, 0.25) is 0 Å². The van der Waals surface area contributed by atoms with Gasteiger partial charge >= 0.3 is 5.97 Å². The van der Waals surface area contributed by atoms with E-state index >= 15 is 0 Å². The lowest BCUT2D eigenvalue weighted by molar-refractivity contribution is -0.137. The Bertz CT molecular complexity index is 798. The molecule has 1 aliphatic rings. The molecule has 0 amide bonds.